The summed E-state index contributed by atoms with van der Waals surface area (Å²) in [4.78, 5) is 14.7. The van der Waals surface area contributed by atoms with Crippen LogP contribution in [-0.4, -0.2) is 15.5 Å². The van der Waals surface area contributed by atoms with Gasteiger partial charge in [0.2, 0.25) is 5.91 Å². The van der Waals surface area contributed by atoms with Gasteiger partial charge in [0, 0.05) is 19.2 Å². The van der Waals surface area contributed by atoms with Crippen LogP contribution in [0, 0.1) is 6.92 Å². The van der Waals surface area contributed by atoms with Crippen LogP contribution >= 0.6 is 0 Å². The van der Waals surface area contributed by atoms with E-state index < -0.39 is 0 Å². The molecule has 1 heterocycles. The van der Waals surface area contributed by atoms with Crippen molar-refractivity contribution in [3.05, 3.63) is 17.7 Å². The lowest BCUT2D eigenvalue weighted by Gasteiger charge is -2.02. The van der Waals surface area contributed by atoms with Gasteiger partial charge in [0.1, 0.15) is 0 Å². The first kappa shape index (κ1) is 9.77. The highest BCUT2D eigenvalue weighted by Crippen LogP contribution is 2.08. The Balaban J connectivity index is 2.49. The van der Waals surface area contributed by atoms with Crippen LogP contribution in [0.5, 0.6) is 0 Å². The predicted molar refractivity (Wildman–Crippen MR) is 50.1 cm³/mol. The SMILES string of the molecule is Cc1ncn(C)c1CCCC(N)=O. The molecule has 1 amide bonds. The number of carbonyl (C=O) groups excluding carboxylic acids is 1. The fraction of sp³-hybridized carbons (Fsp3) is 0.556. The van der Waals surface area contributed by atoms with E-state index in [1.54, 1.807) is 6.33 Å². The second-order valence-electron chi connectivity index (χ2n) is 3.21. The van der Waals surface area contributed by atoms with E-state index in [2.05, 4.69) is 4.98 Å². The number of amides is 1. The highest BCUT2D eigenvalue weighted by molar-refractivity contribution is 5.73. The minimum Gasteiger partial charge on any atom is -0.370 e. The molecule has 0 unspecified atom stereocenters. The number of hydrogen-bond acceptors (Lipinski definition) is 2. The second-order valence-corrected chi connectivity index (χ2v) is 3.21. The normalized spacial score (nSPS) is 10.3. The fourth-order valence-corrected chi connectivity index (χ4v) is 1.36. The monoisotopic (exact) mass is 181 g/mol. The van der Waals surface area contributed by atoms with E-state index in [9.17, 15) is 4.79 Å². The Labute approximate surface area is 77.8 Å². The Kier molecular flexibility index (Phi) is 3.06. The van der Waals surface area contributed by atoms with E-state index >= 15 is 0 Å². The van der Waals surface area contributed by atoms with Gasteiger partial charge in [-0.25, -0.2) is 4.98 Å². The number of aryl methyl sites for hydroxylation is 2. The van der Waals surface area contributed by atoms with Gasteiger partial charge in [0.15, 0.2) is 0 Å². The summed E-state index contributed by atoms with van der Waals surface area (Å²) < 4.78 is 1.98. The van der Waals surface area contributed by atoms with Crippen LogP contribution in [0.1, 0.15) is 24.2 Å². The molecule has 13 heavy (non-hydrogen) atoms. The number of imidazole rings is 1. The summed E-state index contributed by atoms with van der Waals surface area (Å²) in [5.74, 6) is -0.236. The molecule has 0 radical (unpaired) electrons. The van der Waals surface area contributed by atoms with E-state index in [1.807, 2.05) is 18.5 Å². The van der Waals surface area contributed by atoms with Crippen molar-refractivity contribution in [3.8, 4) is 0 Å². The molecule has 2 N–H and O–H groups in total. The third-order valence-electron chi connectivity index (χ3n) is 2.10. The predicted octanol–water partition coefficient (Wildman–Crippen LogP) is 0.537. The summed E-state index contributed by atoms with van der Waals surface area (Å²) in [7, 11) is 1.96. The molecule has 0 aromatic carbocycles. The summed E-state index contributed by atoms with van der Waals surface area (Å²) >= 11 is 0. The van der Waals surface area contributed by atoms with E-state index in [0.717, 1.165) is 18.5 Å². The zero-order valence-corrected chi connectivity index (χ0v) is 8.08. The van der Waals surface area contributed by atoms with Gasteiger partial charge in [0.05, 0.1) is 12.0 Å². The van der Waals surface area contributed by atoms with Crippen LogP contribution in [0.2, 0.25) is 0 Å². The maximum absolute atomic E-state index is 10.5. The smallest absolute Gasteiger partial charge is 0.217 e. The molecule has 0 aliphatic heterocycles. The highest BCUT2D eigenvalue weighted by atomic mass is 16.1. The summed E-state index contributed by atoms with van der Waals surface area (Å²) in [6.07, 6.45) is 3.90. The molecule has 0 saturated carbocycles. The molecule has 4 nitrogen and oxygen atoms in total. The molecule has 4 heteroatoms. The fourth-order valence-electron chi connectivity index (χ4n) is 1.36. The van der Waals surface area contributed by atoms with Gasteiger partial charge in [-0.3, -0.25) is 4.79 Å². The van der Waals surface area contributed by atoms with Gasteiger partial charge >= 0.3 is 0 Å². The third-order valence-corrected chi connectivity index (χ3v) is 2.10. The molecule has 1 aromatic rings. The van der Waals surface area contributed by atoms with Gasteiger partial charge in [0.25, 0.3) is 0 Å². The quantitative estimate of drug-likeness (QED) is 0.736. The lowest BCUT2D eigenvalue weighted by molar-refractivity contribution is -0.118. The van der Waals surface area contributed by atoms with Crippen LogP contribution in [0.15, 0.2) is 6.33 Å². The molecule has 0 bridgehead atoms. The van der Waals surface area contributed by atoms with Crippen molar-refractivity contribution in [1.29, 1.82) is 0 Å². The summed E-state index contributed by atoms with van der Waals surface area (Å²) in [6.45, 7) is 1.97. The van der Waals surface area contributed by atoms with Crippen LogP contribution in [0.25, 0.3) is 0 Å². The van der Waals surface area contributed by atoms with E-state index in [-0.39, 0.29) is 5.91 Å². The maximum Gasteiger partial charge on any atom is 0.217 e. The number of nitrogens with zero attached hydrogens (tertiary/aromatic N) is 2. The standard InChI is InChI=1S/C9H15N3O/c1-7-8(12(2)6-11-7)4-3-5-9(10)13/h6H,3-5H2,1-2H3,(H2,10,13). The molecule has 1 rings (SSSR count). The molecule has 0 aliphatic carbocycles. The van der Waals surface area contributed by atoms with Crippen LogP contribution in [-0.2, 0) is 18.3 Å². The van der Waals surface area contributed by atoms with Gasteiger partial charge in [-0.15, -0.1) is 0 Å². The molecule has 0 saturated heterocycles. The maximum atomic E-state index is 10.5. The Hall–Kier alpha value is -1.32. The third kappa shape index (κ3) is 2.57. The highest BCUT2D eigenvalue weighted by Gasteiger charge is 2.04. The Morgan fingerprint density at radius 1 is 1.69 bits per heavy atom. The van der Waals surface area contributed by atoms with Gasteiger partial charge < -0.3 is 10.3 Å². The number of hydrogen-bond donors (Lipinski definition) is 1. The molecule has 0 fully saturated rings. The largest absolute Gasteiger partial charge is 0.370 e. The van der Waals surface area contributed by atoms with E-state index in [0.29, 0.717) is 6.42 Å². The van der Waals surface area contributed by atoms with Crippen LogP contribution < -0.4 is 5.73 Å². The van der Waals surface area contributed by atoms with Crippen molar-refractivity contribution in [2.24, 2.45) is 12.8 Å². The van der Waals surface area contributed by atoms with Crippen molar-refractivity contribution in [2.75, 3.05) is 0 Å². The van der Waals surface area contributed by atoms with Gasteiger partial charge in [-0.2, -0.15) is 0 Å². The van der Waals surface area contributed by atoms with Crippen molar-refractivity contribution in [2.45, 2.75) is 26.2 Å². The van der Waals surface area contributed by atoms with Crippen LogP contribution in [0.4, 0.5) is 0 Å². The summed E-state index contributed by atoms with van der Waals surface area (Å²) in [5.41, 5.74) is 7.26. The minimum absolute atomic E-state index is 0.236. The molecule has 1 aromatic heterocycles. The molecular formula is C9H15N3O. The first-order chi connectivity index (χ1) is 6.11. The van der Waals surface area contributed by atoms with Crippen molar-refractivity contribution in [3.63, 3.8) is 0 Å². The van der Waals surface area contributed by atoms with Crippen molar-refractivity contribution >= 4 is 5.91 Å². The average Bonchev–Trinajstić information content (AvgIpc) is 2.34. The molecule has 0 spiro atoms. The lowest BCUT2D eigenvalue weighted by atomic mass is 10.1. The van der Waals surface area contributed by atoms with Gasteiger partial charge in [-0.05, 0) is 19.8 Å². The number of primary amides is 1. The molecule has 0 aliphatic rings. The van der Waals surface area contributed by atoms with Gasteiger partial charge in [-0.1, -0.05) is 0 Å². The molecule has 72 valence electrons. The molecular weight excluding hydrogens is 166 g/mol. The lowest BCUT2D eigenvalue weighted by Crippen LogP contribution is -2.10. The van der Waals surface area contributed by atoms with Crippen LogP contribution in [0.3, 0.4) is 0 Å². The zero-order valence-electron chi connectivity index (χ0n) is 8.08. The average molecular weight is 181 g/mol. The Morgan fingerprint density at radius 2 is 2.38 bits per heavy atom. The van der Waals surface area contributed by atoms with Crippen molar-refractivity contribution in [1.82, 2.24) is 9.55 Å². The first-order valence-corrected chi connectivity index (χ1v) is 4.36. The van der Waals surface area contributed by atoms with Crippen molar-refractivity contribution < 1.29 is 4.79 Å². The number of rotatable bonds is 4. The number of nitrogens with two attached hydrogens (primary N) is 1. The Bertz CT molecular complexity index is 284. The second kappa shape index (κ2) is 4.07. The topological polar surface area (TPSA) is 60.9 Å². The summed E-state index contributed by atoms with van der Waals surface area (Å²) in [6, 6.07) is 0. The number of aromatic nitrogens is 2. The molecule has 0 atom stereocenters. The first-order valence-electron chi connectivity index (χ1n) is 4.36. The minimum atomic E-state index is -0.236. The van der Waals surface area contributed by atoms with E-state index in [1.165, 1.54) is 5.69 Å². The van der Waals surface area contributed by atoms with E-state index in [4.69, 9.17) is 5.73 Å². The Morgan fingerprint density at radius 3 is 2.85 bits per heavy atom. The number of carbonyl (C=O) groups is 1. The zero-order chi connectivity index (χ0) is 9.84. The summed E-state index contributed by atoms with van der Waals surface area (Å²) in [5, 5.41) is 0.